The lowest BCUT2D eigenvalue weighted by molar-refractivity contribution is -0.00686. The molecule has 0 aliphatic rings. The van der Waals surface area contributed by atoms with Crippen molar-refractivity contribution in [3.8, 4) is 0 Å². The number of hydrogen-bond donors (Lipinski definition) is 3. The number of benzene rings is 2. The minimum absolute atomic E-state index is 0.241. The molecule has 0 radical (unpaired) electrons. The van der Waals surface area contributed by atoms with Gasteiger partial charge < -0.3 is 10.4 Å². The average Bonchev–Trinajstić information content (AvgIpc) is 2.56. The molecule has 140 valence electrons. The molecule has 5 nitrogen and oxygen atoms in total. The summed E-state index contributed by atoms with van der Waals surface area (Å²) in [7, 11) is 0. The minimum Gasteiger partial charge on any atom is -0.391 e. The Morgan fingerprint density at radius 3 is 2.50 bits per heavy atom. The topological polar surface area (TPSA) is 70.6 Å². The summed E-state index contributed by atoms with van der Waals surface area (Å²) in [5.41, 5.74) is 0.213. The fourth-order valence-electron chi connectivity index (χ4n) is 1.90. The number of hydroxylamine groups is 1. The van der Waals surface area contributed by atoms with Gasteiger partial charge in [0.15, 0.2) is 17.5 Å². The van der Waals surface area contributed by atoms with Crippen LogP contribution in [0.5, 0.6) is 0 Å². The molecular formula is C16H13F4IN2O3. The molecule has 26 heavy (non-hydrogen) atoms. The molecule has 1 amide bonds. The third-order valence-electron chi connectivity index (χ3n) is 3.09. The molecular weight excluding hydrogens is 471 g/mol. The lowest BCUT2D eigenvalue weighted by Gasteiger charge is -2.15. The van der Waals surface area contributed by atoms with E-state index in [0.29, 0.717) is 9.64 Å². The highest BCUT2D eigenvalue weighted by Crippen LogP contribution is 2.30. The van der Waals surface area contributed by atoms with Crippen LogP contribution in [-0.4, -0.2) is 23.7 Å². The summed E-state index contributed by atoms with van der Waals surface area (Å²) in [4.78, 5) is 16.8. The first-order valence-electron chi connectivity index (χ1n) is 7.20. The van der Waals surface area contributed by atoms with E-state index in [2.05, 4.69) is 10.2 Å². The van der Waals surface area contributed by atoms with Crippen LogP contribution in [0.1, 0.15) is 17.3 Å². The Kier molecular flexibility index (Phi) is 6.78. The molecule has 0 aliphatic carbocycles. The summed E-state index contributed by atoms with van der Waals surface area (Å²) in [6.45, 7) is 1.10. The zero-order valence-electron chi connectivity index (χ0n) is 13.2. The van der Waals surface area contributed by atoms with Gasteiger partial charge in [-0.25, -0.2) is 23.0 Å². The van der Waals surface area contributed by atoms with Gasteiger partial charge >= 0.3 is 0 Å². The maximum atomic E-state index is 14.2. The summed E-state index contributed by atoms with van der Waals surface area (Å²) < 4.78 is 55.8. The van der Waals surface area contributed by atoms with Gasteiger partial charge in [0.1, 0.15) is 12.4 Å². The number of carbonyl (C=O) groups is 1. The number of aliphatic hydroxyl groups is 1. The van der Waals surface area contributed by atoms with Crippen molar-refractivity contribution in [3.05, 3.63) is 56.7 Å². The largest absolute Gasteiger partial charge is 0.391 e. The zero-order valence-corrected chi connectivity index (χ0v) is 15.4. The van der Waals surface area contributed by atoms with Gasteiger partial charge in [0.05, 0.1) is 23.0 Å². The number of hydrogen-bond acceptors (Lipinski definition) is 4. The molecule has 1 atom stereocenters. The Hall–Kier alpha value is -1.92. The van der Waals surface area contributed by atoms with E-state index >= 15 is 0 Å². The Morgan fingerprint density at radius 2 is 1.88 bits per heavy atom. The van der Waals surface area contributed by atoms with Gasteiger partial charge in [-0.15, -0.1) is 0 Å². The summed E-state index contributed by atoms with van der Waals surface area (Å²) in [5.74, 6) is -7.00. The fraction of sp³-hybridized carbons (Fsp3) is 0.188. The molecule has 10 heteroatoms. The first-order valence-corrected chi connectivity index (χ1v) is 8.28. The monoisotopic (exact) mass is 484 g/mol. The molecule has 0 bridgehead atoms. The predicted molar refractivity (Wildman–Crippen MR) is 93.8 cm³/mol. The van der Waals surface area contributed by atoms with Gasteiger partial charge in [-0.3, -0.25) is 9.63 Å². The number of rotatable bonds is 6. The van der Waals surface area contributed by atoms with Crippen molar-refractivity contribution in [2.24, 2.45) is 0 Å². The van der Waals surface area contributed by atoms with E-state index in [9.17, 15) is 22.4 Å². The van der Waals surface area contributed by atoms with E-state index in [-0.39, 0.29) is 12.3 Å². The van der Waals surface area contributed by atoms with E-state index in [1.807, 2.05) is 28.1 Å². The summed E-state index contributed by atoms with van der Waals surface area (Å²) in [6, 6.07) is 4.33. The van der Waals surface area contributed by atoms with Crippen molar-refractivity contribution in [1.29, 1.82) is 0 Å². The van der Waals surface area contributed by atoms with Crippen molar-refractivity contribution in [1.82, 2.24) is 5.48 Å². The Morgan fingerprint density at radius 1 is 1.19 bits per heavy atom. The van der Waals surface area contributed by atoms with Crippen LogP contribution >= 0.6 is 22.6 Å². The molecule has 0 aliphatic heterocycles. The van der Waals surface area contributed by atoms with E-state index in [4.69, 9.17) is 5.11 Å². The normalized spacial score (nSPS) is 12.0. The van der Waals surface area contributed by atoms with E-state index in [1.54, 1.807) is 0 Å². The Balaban J connectivity index is 2.39. The Bertz CT molecular complexity index is 834. The van der Waals surface area contributed by atoms with Crippen LogP contribution < -0.4 is 10.8 Å². The van der Waals surface area contributed by atoms with Crippen LogP contribution in [0.3, 0.4) is 0 Å². The van der Waals surface area contributed by atoms with Gasteiger partial charge in [0.2, 0.25) is 0 Å². The number of carbonyl (C=O) groups excluding carboxylic acids is 1. The molecule has 2 aromatic rings. The molecule has 3 N–H and O–H groups in total. The standard InChI is InChI=1S/C16H13F4IN2O3/c1-7(24)6-26-23-16(25)9-5-11(18)13(19)14(20)15(9)22-12-3-2-8(21)4-10(12)17/h2-5,7,22,24H,6H2,1H3,(H,23,25). The van der Waals surface area contributed by atoms with Crippen LogP contribution in [0.15, 0.2) is 24.3 Å². The number of amides is 1. The van der Waals surface area contributed by atoms with Crippen molar-refractivity contribution in [2.45, 2.75) is 13.0 Å². The first kappa shape index (κ1) is 20.4. The number of aliphatic hydroxyl groups excluding tert-OH is 1. The van der Waals surface area contributed by atoms with Gasteiger partial charge in [0, 0.05) is 3.57 Å². The molecule has 0 heterocycles. The van der Waals surface area contributed by atoms with Gasteiger partial charge in [0.25, 0.3) is 5.91 Å². The van der Waals surface area contributed by atoms with Crippen LogP contribution in [0, 0.1) is 26.8 Å². The highest BCUT2D eigenvalue weighted by molar-refractivity contribution is 14.1. The van der Waals surface area contributed by atoms with Crippen LogP contribution in [0.25, 0.3) is 0 Å². The zero-order chi connectivity index (χ0) is 19.4. The van der Waals surface area contributed by atoms with Crippen molar-refractivity contribution < 1.29 is 32.3 Å². The number of anilines is 2. The first-order chi connectivity index (χ1) is 12.2. The second kappa shape index (κ2) is 8.64. The smallest absolute Gasteiger partial charge is 0.277 e. The maximum absolute atomic E-state index is 14.2. The summed E-state index contributed by atoms with van der Waals surface area (Å²) in [6.07, 6.45) is -0.907. The molecule has 0 fully saturated rings. The minimum atomic E-state index is -1.82. The highest BCUT2D eigenvalue weighted by atomic mass is 127. The van der Waals surface area contributed by atoms with Crippen LogP contribution in [0.2, 0.25) is 0 Å². The quantitative estimate of drug-likeness (QED) is 0.254. The third-order valence-corrected chi connectivity index (χ3v) is 3.76. The predicted octanol–water partition coefficient (Wildman–Crippen LogP) is 3.63. The molecule has 1 unspecified atom stereocenters. The third kappa shape index (κ3) is 4.83. The van der Waals surface area contributed by atoms with Crippen LogP contribution in [-0.2, 0) is 4.84 Å². The lowest BCUT2D eigenvalue weighted by atomic mass is 10.1. The average molecular weight is 484 g/mol. The maximum Gasteiger partial charge on any atom is 0.277 e. The number of halogens is 5. The van der Waals surface area contributed by atoms with Crippen molar-refractivity contribution in [2.75, 3.05) is 11.9 Å². The van der Waals surface area contributed by atoms with E-state index in [0.717, 1.165) is 6.07 Å². The van der Waals surface area contributed by atoms with Crippen LogP contribution in [0.4, 0.5) is 28.9 Å². The fourth-order valence-corrected chi connectivity index (χ4v) is 2.36. The lowest BCUT2D eigenvalue weighted by Crippen LogP contribution is -2.28. The number of nitrogens with one attached hydrogen (secondary N) is 2. The van der Waals surface area contributed by atoms with Crippen molar-refractivity contribution in [3.63, 3.8) is 0 Å². The molecule has 2 rings (SSSR count). The molecule has 0 saturated heterocycles. The van der Waals surface area contributed by atoms with Gasteiger partial charge in [-0.2, -0.15) is 0 Å². The van der Waals surface area contributed by atoms with E-state index in [1.165, 1.54) is 19.1 Å². The van der Waals surface area contributed by atoms with E-state index < -0.39 is 46.5 Å². The van der Waals surface area contributed by atoms with Crippen molar-refractivity contribution >= 4 is 39.9 Å². The molecule has 0 aromatic heterocycles. The SMILES string of the molecule is CC(O)CONC(=O)c1cc(F)c(F)c(F)c1Nc1ccc(I)cc1F. The molecule has 0 saturated carbocycles. The Labute approximate surface area is 159 Å². The van der Waals surface area contributed by atoms with Gasteiger partial charge in [-0.1, -0.05) is 0 Å². The second-order valence-electron chi connectivity index (χ2n) is 5.25. The molecule has 0 spiro atoms. The highest BCUT2D eigenvalue weighted by Gasteiger charge is 2.24. The second-order valence-corrected chi connectivity index (χ2v) is 6.49. The molecule has 2 aromatic carbocycles. The van der Waals surface area contributed by atoms with Gasteiger partial charge in [-0.05, 0) is 53.8 Å². The summed E-state index contributed by atoms with van der Waals surface area (Å²) >= 11 is 1.85. The summed E-state index contributed by atoms with van der Waals surface area (Å²) in [5, 5.41) is 11.3.